The third-order valence-corrected chi connectivity index (χ3v) is 8.43. The molecule has 0 amide bonds. The summed E-state index contributed by atoms with van der Waals surface area (Å²) < 4.78 is 10.7. The highest BCUT2D eigenvalue weighted by molar-refractivity contribution is 6.74. The lowest BCUT2D eigenvalue weighted by Gasteiger charge is -2.36. The Kier molecular flexibility index (Phi) is 7.85. The van der Waals surface area contributed by atoms with E-state index in [0.29, 0.717) is 6.42 Å². The van der Waals surface area contributed by atoms with Gasteiger partial charge in [-0.3, -0.25) is 4.79 Å². The summed E-state index contributed by atoms with van der Waals surface area (Å²) in [5.41, 5.74) is 0. The molecule has 0 bridgehead atoms. The van der Waals surface area contributed by atoms with Crippen molar-refractivity contribution >= 4 is 14.3 Å². The molecule has 0 aromatic rings. The Balaban J connectivity index is 3.80. The van der Waals surface area contributed by atoms with Crippen molar-refractivity contribution in [3.05, 3.63) is 0 Å². The third kappa shape index (κ3) is 7.70. The molecule has 0 saturated heterocycles. The van der Waals surface area contributed by atoms with Gasteiger partial charge in [-0.15, -0.1) is 0 Å². The van der Waals surface area contributed by atoms with Gasteiger partial charge in [-0.25, -0.2) is 0 Å². The van der Waals surface area contributed by atoms with Gasteiger partial charge in [0.15, 0.2) is 8.32 Å². The molecule has 0 aliphatic heterocycles. The Morgan fingerprint density at radius 1 is 1.21 bits per heavy atom. The van der Waals surface area contributed by atoms with Crippen molar-refractivity contribution in [1.82, 2.24) is 4.90 Å². The van der Waals surface area contributed by atoms with Gasteiger partial charge < -0.3 is 14.1 Å². The Hall–Kier alpha value is -0.393. The van der Waals surface area contributed by atoms with Crippen LogP contribution in [0.1, 0.15) is 33.6 Å². The predicted octanol–water partition coefficient (Wildman–Crippen LogP) is 2.89. The van der Waals surface area contributed by atoms with E-state index in [2.05, 4.69) is 50.5 Å². The van der Waals surface area contributed by atoms with Crippen molar-refractivity contribution in [3.8, 4) is 0 Å². The minimum absolute atomic E-state index is 0.133. The second kappa shape index (κ2) is 8.02. The number of nitrogens with zero attached hydrogens (tertiary/aromatic N) is 1. The monoisotopic (exact) mass is 289 g/mol. The van der Waals surface area contributed by atoms with E-state index in [1.54, 1.807) is 0 Å². The van der Waals surface area contributed by atoms with Crippen LogP contribution in [-0.4, -0.2) is 53.0 Å². The maximum absolute atomic E-state index is 11.0. The summed E-state index contributed by atoms with van der Waals surface area (Å²) in [5.74, 6) is -0.133. The molecule has 0 aromatic heterocycles. The summed E-state index contributed by atoms with van der Waals surface area (Å²) in [4.78, 5) is 13.2. The van der Waals surface area contributed by atoms with E-state index in [1.807, 2.05) is 0 Å². The minimum atomic E-state index is -1.63. The van der Waals surface area contributed by atoms with Crippen LogP contribution in [0.5, 0.6) is 0 Å². The number of carbonyl (C=O) groups is 1. The van der Waals surface area contributed by atoms with Gasteiger partial charge in [-0.1, -0.05) is 20.8 Å². The van der Waals surface area contributed by atoms with E-state index in [0.717, 1.165) is 26.1 Å². The SMILES string of the molecule is COC(=O)CCCN(C)CCO[Si](C)(C)C(C)(C)C. The Labute approximate surface area is 119 Å². The molecule has 0 aromatic carbocycles. The fourth-order valence-corrected chi connectivity index (χ4v) is 2.41. The van der Waals surface area contributed by atoms with E-state index in [9.17, 15) is 4.79 Å². The Morgan fingerprint density at radius 2 is 1.79 bits per heavy atom. The number of esters is 1. The molecular formula is C14H31NO3Si. The molecule has 0 N–H and O–H groups in total. The zero-order chi connectivity index (χ0) is 15.1. The van der Waals surface area contributed by atoms with Crippen molar-refractivity contribution in [1.29, 1.82) is 0 Å². The van der Waals surface area contributed by atoms with Gasteiger partial charge in [0.25, 0.3) is 0 Å². The molecule has 0 radical (unpaired) electrons. The van der Waals surface area contributed by atoms with Gasteiger partial charge in [0, 0.05) is 19.6 Å². The summed E-state index contributed by atoms with van der Waals surface area (Å²) in [6.45, 7) is 13.9. The van der Waals surface area contributed by atoms with Crippen molar-refractivity contribution in [2.75, 3.05) is 33.9 Å². The first-order valence-corrected chi connectivity index (χ1v) is 9.90. The second-order valence-corrected chi connectivity index (χ2v) is 11.4. The molecule has 0 aliphatic rings. The maximum atomic E-state index is 11.0. The van der Waals surface area contributed by atoms with Crippen molar-refractivity contribution in [3.63, 3.8) is 0 Å². The molecule has 114 valence electrons. The van der Waals surface area contributed by atoms with E-state index in [4.69, 9.17) is 4.43 Å². The topological polar surface area (TPSA) is 38.8 Å². The fourth-order valence-electron chi connectivity index (χ4n) is 1.38. The minimum Gasteiger partial charge on any atom is -0.469 e. The summed E-state index contributed by atoms with van der Waals surface area (Å²) >= 11 is 0. The summed E-state index contributed by atoms with van der Waals surface area (Å²) in [7, 11) is 1.86. The summed E-state index contributed by atoms with van der Waals surface area (Å²) in [6.07, 6.45) is 1.33. The van der Waals surface area contributed by atoms with E-state index in [1.165, 1.54) is 7.11 Å². The smallest absolute Gasteiger partial charge is 0.305 e. The third-order valence-electron chi connectivity index (χ3n) is 3.89. The quantitative estimate of drug-likeness (QED) is 0.509. The van der Waals surface area contributed by atoms with Crippen LogP contribution in [0.4, 0.5) is 0 Å². The van der Waals surface area contributed by atoms with Crippen LogP contribution in [-0.2, 0) is 14.0 Å². The predicted molar refractivity (Wildman–Crippen MR) is 81.9 cm³/mol. The van der Waals surface area contributed by atoms with Gasteiger partial charge in [-0.2, -0.15) is 0 Å². The van der Waals surface area contributed by atoms with Crippen molar-refractivity contribution < 1.29 is 14.0 Å². The highest BCUT2D eigenvalue weighted by Crippen LogP contribution is 2.36. The number of rotatable bonds is 8. The highest BCUT2D eigenvalue weighted by Gasteiger charge is 2.36. The first-order chi connectivity index (χ1) is 8.60. The second-order valence-electron chi connectivity index (χ2n) is 6.59. The number of hydrogen-bond donors (Lipinski definition) is 0. The van der Waals surface area contributed by atoms with Crippen LogP contribution >= 0.6 is 0 Å². The first-order valence-electron chi connectivity index (χ1n) is 6.99. The van der Waals surface area contributed by atoms with Gasteiger partial charge in [0.1, 0.15) is 0 Å². The molecular weight excluding hydrogens is 258 g/mol. The van der Waals surface area contributed by atoms with Crippen molar-refractivity contribution in [2.24, 2.45) is 0 Å². The zero-order valence-electron chi connectivity index (χ0n) is 13.7. The van der Waals surface area contributed by atoms with Gasteiger partial charge in [0.05, 0.1) is 7.11 Å². The van der Waals surface area contributed by atoms with Crippen LogP contribution in [0, 0.1) is 0 Å². The first kappa shape index (κ1) is 18.6. The molecule has 0 unspecified atom stereocenters. The number of methoxy groups -OCH3 is 1. The number of carbonyl (C=O) groups excluding carboxylic acids is 1. The molecule has 4 nitrogen and oxygen atoms in total. The van der Waals surface area contributed by atoms with Gasteiger partial charge in [-0.05, 0) is 38.1 Å². The highest BCUT2D eigenvalue weighted by atomic mass is 28.4. The number of ether oxygens (including phenoxy) is 1. The van der Waals surface area contributed by atoms with Gasteiger partial charge >= 0.3 is 5.97 Å². The largest absolute Gasteiger partial charge is 0.469 e. The molecule has 0 aliphatic carbocycles. The van der Waals surface area contributed by atoms with Crippen LogP contribution < -0.4 is 0 Å². The molecule has 0 fully saturated rings. The van der Waals surface area contributed by atoms with Gasteiger partial charge in [0.2, 0.25) is 0 Å². The van der Waals surface area contributed by atoms with Crippen molar-refractivity contribution in [2.45, 2.75) is 51.7 Å². The summed E-state index contributed by atoms with van der Waals surface area (Å²) in [6, 6.07) is 0. The molecule has 0 heterocycles. The fraction of sp³-hybridized carbons (Fsp3) is 0.929. The number of likely N-dealkylation sites (N-methyl/N-ethyl adjacent to an activating group) is 1. The molecule has 19 heavy (non-hydrogen) atoms. The molecule has 0 rings (SSSR count). The lowest BCUT2D eigenvalue weighted by Crippen LogP contribution is -2.42. The standard InChI is InChI=1S/C14H31NO3Si/c1-14(2,3)19(6,7)18-12-11-15(4)10-8-9-13(16)17-5/h8-12H2,1-7H3. The molecule has 0 saturated carbocycles. The average molecular weight is 289 g/mol. The molecule has 5 heteroatoms. The van der Waals surface area contributed by atoms with Crippen LogP contribution in [0.15, 0.2) is 0 Å². The molecule has 0 atom stereocenters. The van der Waals surface area contributed by atoms with E-state index in [-0.39, 0.29) is 11.0 Å². The van der Waals surface area contributed by atoms with Crippen LogP contribution in [0.3, 0.4) is 0 Å². The van der Waals surface area contributed by atoms with E-state index >= 15 is 0 Å². The Bertz CT molecular complexity index is 274. The van der Waals surface area contributed by atoms with E-state index < -0.39 is 8.32 Å². The zero-order valence-corrected chi connectivity index (χ0v) is 14.7. The maximum Gasteiger partial charge on any atom is 0.305 e. The molecule has 0 spiro atoms. The van der Waals surface area contributed by atoms with Crippen LogP contribution in [0.25, 0.3) is 0 Å². The number of hydrogen-bond acceptors (Lipinski definition) is 4. The Morgan fingerprint density at radius 3 is 2.26 bits per heavy atom. The average Bonchev–Trinajstić information content (AvgIpc) is 2.26. The normalized spacial score (nSPS) is 12.8. The summed E-state index contributed by atoms with van der Waals surface area (Å²) in [5, 5.41) is 0.260. The van der Waals surface area contributed by atoms with Crippen LogP contribution in [0.2, 0.25) is 18.1 Å². The lowest BCUT2D eigenvalue weighted by molar-refractivity contribution is -0.140. The lowest BCUT2D eigenvalue weighted by atomic mass is 10.2.